The first-order valence-electron chi connectivity index (χ1n) is 8.91. The number of rotatable bonds is 3. The zero-order chi connectivity index (χ0) is 19.2. The normalized spacial score (nSPS) is 18.1. The second-order valence-electron chi connectivity index (χ2n) is 7.52. The van der Waals surface area contributed by atoms with Crippen molar-refractivity contribution in [2.75, 3.05) is 0 Å². The van der Waals surface area contributed by atoms with Crippen LogP contribution in [0.2, 0.25) is 0 Å². The minimum atomic E-state index is -0.626. The van der Waals surface area contributed by atoms with Crippen LogP contribution in [0, 0.1) is 0 Å². The second kappa shape index (κ2) is 6.19. The molecule has 1 unspecified atom stereocenters. The summed E-state index contributed by atoms with van der Waals surface area (Å²) in [5.41, 5.74) is 8.62. The Hall–Kier alpha value is -3.22. The Bertz CT molecular complexity index is 1050. The van der Waals surface area contributed by atoms with Gasteiger partial charge < -0.3 is 11.1 Å². The summed E-state index contributed by atoms with van der Waals surface area (Å²) in [7, 11) is 0. The van der Waals surface area contributed by atoms with Gasteiger partial charge in [-0.1, -0.05) is 38.1 Å². The number of amides is 2. The summed E-state index contributed by atoms with van der Waals surface area (Å²) in [6.07, 6.45) is 4.65. The molecule has 0 saturated carbocycles. The molecule has 1 aromatic carbocycles. The van der Waals surface area contributed by atoms with Gasteiger partial charge in [0.2, 0.25) is 0 Å². The Balaban J connectivity index is 1.68. The predicted octanol–water partition coefficient (Wildman–Crippen LogP) is 2.37. The van der Waals surface area contributed by atoms with Crippen LogP contribution in [0.25, 0.3) is 5.65 Å². The van der Waals surface area contributed by atoms with E-state index in [4.69, 9.17) is 5.73 Å². The van der Waals surface area contributed by atoms with Crippen LogP contribution < -0.4 is 11.1 Å². The van der Waals surface area contributed by atoms with Crippen LogP contribution >= 0.6 is 0 Å². The number of nitrogens with zero attached hydrogens (tertiary/aromatic N) is 3. The molecule has 3 N–H and O–H groups in total. The smallest absolute Gasteiger partial charge is 0.270 e. The van der Waals surface area contributed by atoms with Crippen molar-refractivity contribution in [2.45, 2.75) is 38.1 Å². The van der Waals surface area contributed by atoms with E-state index in [0.29, 0.717) is 5.69 Å². The maximum absolute atomic E-state index is 13.0. The van der Waals surface area contributed by atoms with Gasteiger partial charge in [0.1, 0.15) is 11.3 Å². The first-order valence-corrected chi connectivity index (χ1v) is 8.91. The Morgan fingerprint density at radius 3 is 2.81 bits per heavy atom. The van der Waals surface area contributed by atoms with Crippen LogP contribution in [-0.4, -0.2) is 26.4 Å². The van der Waals surface area contributed by atoms with Crippen LogP contribution in [0.5, 0.6) is 0 Å². The number of hydrogen-bond donors (Lipinski definition) is 2. The van der Waals surface area contributed by atoms with Gasteiger partial charge in [-0.3, -0.25) is 9.59 Å². The van der Waals surface area contributed by atoms with E-state index in [1.54, 1.807) is 6.07 Å². The van der Waals surface area contributed by atoms with Crippen molar-refractivity contribution in [3.8, 4) is 0 Å². The lowest BCUT2D eigenvalue weighted by Gasteiger charge is -2.37. The molecule has 1 atom stereocenters. The average molecular weight is 363 g/mol. The average Bonchev–Trinajstić information content (AvgIpc) is 3.08. The molecule has 7 heteroatoms. The number of carbonyl (C=O) groups is 2. The first kappa shape index (κ1) is 17.2. The molecule has 0 spiro atoms. The molecule has 0 radical (unpaired) electrons. The number of primary amides is 1. The van der Waals surface area contributed by atoms with E-state index in [1.807, 2.05) is 12.1 Å². The number of benzene rings is 1. The molecule has 4 rings (SSSR count). The maximum Gasteiger partial charge on any atom is 0.270 e. The Kier molecular flexibility index (Phi) is 3.95. The molecule has 138 valence electrons. The van der Waals surface area contributed by atoms with Gasteiger partial charge in [-0.2, -0.15) is 5.10 Å². The van der Waals surface area contributed by atoms with Crippen LogP contribution in [-0.2, 0) is 5.41 Å². The van der Waals surface area contributed by atoms with Gasteiger partial charge >= 0.3 is 0 Å². The Morgan fingerprint density at radius 1 is 1.26 bits per heavy atom. The first-order chi connectivity index (χ1) is 12.9. The van der Waals surface area contributed by atoms with Gasteiger partial charge in [0.15, 0.2) is 5.65 Å². The Morgan fingerprint density at radius 2 is 2.04 bits per heavy atom. The lowest BCUT2D eigenvalue weighted by atomic mass is 9.71. The summed E-state index contributed by atoms with van der Waals surface area (Å²) in [4.78, 5) is 28.6. The van der Waals surface area contributed by atoms with E-state index in [0.717, 1.165) is 18.4 Å². The number of nitrogens with one attached hydrogen (secondary N) is 1. The van der Waals surface area contributed by atoms with E-state index in [-0.39, 0.29) is 28.6 Å². The van der Waals surface area contributed by atoms with Crippen LogP contribution in [0.1, 0.15) is 64.7 Å². The van der Waals surface area contributed by atoms with Crippen molar-refractivity contribution in [1.82, 2.24) is 19.9 Å². The van der Waals surface area contributed by atoms with Crippen molar-refractivity contribution >= 4 is 17.5 Å². The van der Waals surface area contributed by atoms with Gasteiger partial charge in [0.25, 0.3) is 11.8 Å². The number of carbonyl (C=O) groups excluding carboxylic acids is 2. The van der Waals surface area contributed by atoms with E-state index < -0.39 is 5.91 Å². The number of hydrogen-bond acceptors (Lipinski definition) is 4. The lowest BCUT2D eigenvalue weighted by Crippen LogP contribution is -2.36. The summed E-state index contributed by atoms with van der Waals surface area (Å²) in [6, 6.07) is 9.74. The molecule has 0 aliphatic heterocycles. The quantitative estimate of drug-likeness (QED) is 0.746. The molecule has 0 saturated heterocycles. The third-order valence-electron chi connectivity index (χ3n) is 5.33. The van der Waals surface area contributed by atoms with Gasteiger partial charge in [0, 0.05) is 6.20 Å². The molecule has 3 aromatic rings. The molecule has 27 heavy (non-hydrogen) atoms. The minimum Gasteiger partial charge on any atom is -0.365 e. The zero-order valence-electron chi connectivity index (χ0n) is 15.3. The predicted molar refractivity (Wildman–Crippen MR) is 100 cm³/mol. The van der Waals surface area contributed by atoms with Crippen molar-refractivity contribution in [2.24, 2.45) is 5.73 Å². The van der Waals surface area contributed by atoms with E-state index in [1.165, 1.54) is 22.5 Å². The molecule has 0 bridgehead atoms. The summed E-state index contributed by atoms with van der Waals surface area (Å²) in [5.74, 6) is -0.889. The number of nitrogens with two attached hydrogens (primary N) is 1. The maximum atomic E-state index is 13.0. The third-order valence-corrected chi connectivity index (χ3v) is 5.33. The number of aromatic nitrogens is 3. The fourth-order valence-corrected chi connectivity index (χ4v) is 3.83. The third kappa shape index (κ3) is 2.85. The molecule has 2 aromatic heterocycles. The van der Waals surface area contributed by atoms with Gasteiger partial charge in [0.05, 0.1) is 12.2 Å². The largest absolute Gasteiger partial charge is 0.365 e. The van der Waals surface area contributed by atoms with E-state index in [2.05, 4.69) is 41.4 Å². The summed E-state index contributed by atoms with van der Waals surface area (Å²) >= 11 is 0. The molecular formula is C20H21N5O2. The van der Waals surface area contributed by atoms with E-state index in [9.17, 15) is 9.59 Å². The summed E-state index contributed by atoms with van der Waals surface area (Å²) in [5, 5.41) is 7.23. The topological polar surface area (TPSA) is 102 Å². The molecule has 2 heterocycles. The summed E-state index contributed by atoms with van der Waals surface area (Å²) in [6.45, 7) is 4.46. The standard InChI is InChI=1S/C20H21N5O2/c1-20(2)9-7-15(12-5-3-4-6-14(12)20)24-19(27)16-8-10-22-18-13(17(21)26)11-23-25(16)18/h3-6,8,10-11,15H,7,9H2,1-2H3,(H2,21,26)(H,24,27). The molecule has 2 amide bonds. The van der Waals surface area contributed by atoms with Gasteiger partial charge in [-0.05, 0) is 35.4 Å². The van der Waals surface area contributed by atoms with Gasteiger partial charge in [-0.25, -0.2) is 9.50 Å². The lowest BCUT2D eigenvalue weighted by molar-refractivity contribution is 0.0920. The highest BCUT2D eigenvalue weighted by Gasteiger charge is 2.33. The van der Waals surface area contributed by atoms with Crippen LogP contribution in [0.3, 0.4) is 0 Å². The van der Waals surface area contributed by atoms with Crippen molar-refractivity contribution < 1.29 is 9.59 Å². The molecule has 7 nitrogen and oxygen atoms in total. The van der Waals surface area contributed by atoms with Crippen molar-refractivity contribution in [3.05, 3.63) is 65.1 Å². The monoisotopic (exact) mass is 363 g/mol. The highest BCUT2D eigenvalue weighted by molar-refractivity contribution is 5.99. The van der Waals surface area contributed by atoms with Crippen LogP contribution in [0.15, 0.2) is 42.7 Å². The SMILES string of the molecule is CC1(C)CCC(NC(=O)c2ccnc3c(C(N)=O)cnn23)c2ccccc21. The molecule has 1 aliphatic carbocycles. The Labute approximate surface area is 156 Å². The fourth-order valence-electron chi connectivity index (χ4n) is 3.83. The molecular weight excluding hydrogens is 342 g/mol. The fraction of sp³-hybridized carbons (Fsp3) is 0.300. The highest BCUT2D eigenvalue weighted by atomic mass is 16.2. The van der Waals surface area contributed by atoms with Crippen LogP contribution in [0.4, 0.5) is 0 Å². The zero-order valence-corrected chi connectivity index (χ0v) is 15.3. The highest BCUT2D eigenvalue weighted by Crippen LogP contribution is 2.41. The molecule has 0 fully saturated rings. The second-order valence-corrected chi connectivity index (χ2v) is 7.52. The summed E-state index contributed by atoms with van der Waals surface area (Å²) < 4.78 is 1.36. The van der Waals surface area contributed by atoms with Crippen molar-refractivity contribution in [3.63, 3.8) is 0 Å². The van der Waals surface area contributed by atoms with Gasteiger partial charge in [-0.15, -0.1) is 0 Å². The van der Waals surface area contributed by atoms with E-state index >= 15 is 0 Å². The number of fused-ring (bicyclic) bond motifs is 2. The minimum absolute atomic E-state index is 0.0730. The van der Waals surface area contributed by atoms with Crippen molar-refractivity contribution in [1.29, 1.82) is 0 Å². The molecule has 1 aliphatic rings.